The lowest BCUT2D eigenvalue weighted by Crippen LogP contribution is -2.28. The van der Waals surface area contributed by atoms with Crippen LogP contribution in [-0.2, 0) is 11.3 Å². The van der Waals surface area contributed by atoms with Crippen LogP contribution < -0.4 is 14.8 Å². The van der Waals surface area contributed by atoms with Gasteiger partial charge in [0.05, 0.1) is 12.0 Å². The van der Waals surface area contributed by atoms with E-state index in [2.05, 4.69) is 5.32 Å². The van der Waals surface area contributed by atoms with Gasteiger partial charge in [-0.1, -0.05) is 12.1 Å². The van der Waals surface area contributed by atoms with Gasteiger partial charge in [-0.25, -0.2) is 0 Å². The van der Waals surface area contributed by atoms with Crippen molar-refractivity contribution < 1.29 is 24.0 Å². The second-order valence-corrected chi connectivity index (χ2v) is 5.02. The standard InChI is InChI=1S/C17H16N2O6/c1-24-14-4-2-3-12(7-14)9-18-17(21)11-25-16-6-5-13(10-20)8-15(16)19(22)23/h2-8,10H,9,11H2,1H3,(H,18,21). The normalized spacial score (nSPS) is 9.96. The molecule has 0 radical (unpaired) electrons. The predicted molar refractivity (Wildman–Crippen MR) is 88.8 cm³/mol. The van der Waals surface area contributed by atoms with Crippen molar-refractivity contribution >= 4 is 17.9 Å². The topological polar surface area (TPSA) is 108 Å². The average molecular weight is 344 g/mol. The molecule has 8 heteroatoms. The van der Waals surface area contributed by atoms with E-state index in [0.717, 1.165) is 11.6 Å². The number of rotatable bonds is 8. The van der Waals surface area contributed by atoms with Crippen LogP contribution in [0.15, 0.2) is 42.5 Å². The summed E-state index contributed by atoms with van der Waals surface area (Å²) in [5.41, 5.74) is 0.626. The van der Waals surface area contributed by atoms with Crippen LogP contribution in [0.2, 0.25) is 0 Å². The Morgan fingerprint density at radius 1 is 1.28 bits per heavy atom. The van der Waals surface area contributed by atoms with Crippen molar-refractivity contribution in [1.29, 1.82) is 0 Å². The lowest BCUT2D eigenvalue weighted by atomic mass is 10.2. The number of methoxy groups -OCH3 is 1. The molecular weight excluding hydrogens is 328 g/mol. The lowest BCUT2D eigenvalue weighted by molar-refractivity contribution is -0.385. The summed E-state index contributed by atoms with van der Waals surface area (Å²) in [6.07, 6.45) is 0.498. The highest BCUT2D eigenvalue weighted by Gasteiger charge is 2.17. The first-order chi connectivity index (χ1) is 12.0. The molecule has 0 saturated heterocycles. The summed E-state index contributed by atoms with van der Waals surface area (Å²) < 4.78 is 10.3. The number of hydrogen-bond acceptors (Lipinski definition) is 6. The molecular formula is C17H16N2O6. The van der Waals surface area contributed by atoms with E-state index in [1.54, 1.807) is 25.3 Å². The summed E-state index contributed by atoms with van der Waals surface area (Å²) in [4.78, 5) is 32.9. The highest BCUT2D eigenvalue weighted by molar-refractivity contribution is 5.79. The van der Waals surface area contributed by atoms with Crippen molar-refractivity contribution in [1.82, 2.24) is 5.32 Å². The Morgan fingerprint density at radius 3 is 2.76 bits per heavy atom. The van der Waals surface area contributed by atoms with E-state index in [0.29, 0.717) is 12.0 Å². The minimum Gasteiger partial charge on any atom is -0.497 e. The van der Waals surface area contributed by atoms with Crippen LogP contribution in [0.3, 0.4) is 0 Å². The number of nitro benzene ring substituents is 1. The van der Waals surface area contributed by atoms with Gasteiger partial charge in [0.2, 0.25) is 0 Å². The van der Waals surface area contributed by atoms with E-state index < -0.39 is 10.8 Å². The maximum absolute atomic E-state index is 11.9. The Bertz CT molecular complexity index is 790. The fraction of sp³-hybridized carbons (Fsp3) is 0.176. The van der Waals surface area contributed by atoms with Crippen molar-refractivity contribution in [2.45, 2.75) is 6.54 Å². The fourth-order valence-electron chi connectivity index (χ4n) is 2.05. The zero-order chi connectivity index (χ0) is 18.2. The summed E-state index contributed by atoms with van der Waals surface area (Å²) >= 11 is 0. The van der Waals surface area contributed by atoms with Crippen molar-refractivity contribution in [2.75, 3.05) is 13.7 Å². The lowest BCUT2D eigenvalue weighted by Gasteiger charge is -2.09. The molecule has 0 aliphatic carbocycles. The van der Waals surface area contributed by atoms with Gasteiger partial charge in [-0.05, 0) is 29.8 Å². The van der Waals surface area contributed by atoms with E-state index >= 15 is 0 Å². The number of nitrogens with one attached hydrogen (secondary N) is 1. The molecule has 2 rings (SSSR count). The second-order valence-electron chi connectivity index (χ2n) is 5.02. The number of nitrogens with zero attached hydrogens (tertiary/aromatic N) is 1. The minimum absolute atomic E-state index is 0.0767. The van der Waals surface area contributed by atoms with Gasteiger partial charge in [0.25, 0.3) is 5.91 Å². The molecule has 0 heterocycles. The summed E-state index contributed by atoms with van der Waals surface area (Å²) in [5, 5.41) is 13.6. The van der Waals surface area contributed by atoms with Crippen molar-refractivity contribution in [3.8, 4) is 11.5 Å². The molecule has 25 heavy (non-hydrogen) atoms. The molecule has 0 aliphatic rings. The first-order valence-electron chi connectivity index (χ1n) is 7.29. The van der Waals surface area contributed by atoms with Gasteiger partial charge in [-0.3, -0.25) is 19.7 Å². The molecule has 130 valence electrons. The van der Waals surface area contributed by atoms with Gasteiger partial charge < -0.3 is 14.8 Å². The third-order valence-corrected chi connectivity index (χ3v) is 3.30. The van der Waals surface area contributed by atoms with Crippen LogP contribution in [0.1, 0.15) is 15.9 Å². The first kappa shape index (κ1) is 17.9. The van der Waals surface area contributed by atoms with Crippen molar-refractivity contribution in [3.63, 3.8) is 0 Å². The third-order valence-electron chi connectivity index (χ3n) is 3.30. The molecule has 2 aromatic carbocycles. The largest absolute Gasteiger partial charge is 0.497 e. The van der Waals surface area contributed by atoms with Gasteiger partial charge in [0.15, 0.2) is 12.4 Å². The smallest absolute Gasteiger partial charge is 0.311 e. The summed E-state index contributed by atoms with van der Waals surface area (Å²) in [5.74, 6) is 0.164. The second kappa shape index (κ2) is 8.44. The van der Waals surface area contributed by atoms with Crippen molar-refractivity contribution in [3.05, 3.63) is 63.7 Å². The van der Waals surface area contributed by atoms with Crippen molar-refractivity contribution in [2.24, 2.45) is 0 Å². The first-order valence-corrected chi connectivity index (χ1v) is 7.29. The zero-order valence-corrected chi connectivity index (χ0v) is 13.4. The highest BCUT2D eigenvalue weighted by atomic mass is 16.6. The molecule has 0 atom stereocenters. The number of amides is 1. The Kier molecular flexibility index (Phi) is 6.05. The molecule has 1 amide bonds. The number of benzene rings is 2. The van der Waals surface area contributed by atoms with E-state index in [1.807, 2.05) is 6.07 Å². The maximum Gasteiger partial charge on any atom is 0.311 e. The van der Waals surface area contributed by atoms with Gasteiger partial charge in [0, 0.05) is 18.2 Å². The number of nitro groups is 1. The Hall–Kier alpha value is -3.42. The number of aldehydes is 1. The summed E-state index contributed by atoms with van der Waals surface area (Å²) in [6, 6.07) is 11.0. The number of hydrogen-bond donors (Lipinski definition) is 1. The molecule has 0 fully saturated rings. The number of carbonyl (C=O) groups excluding carboxylic acids is 2. The van der Waals surface area contributed by atoms with Crippen LogP contribution in [0.4, 0.5) is 5.69 Å². The molecule has 0 unspecified atom stereocenters. The van der Waals surface area contributed by atoms with E-state index in [1.165, 1.54) is 12.1 Å². The quantitative estimate of drug-likeness (QED) is 0.446. The van der Waals surface area contributed by atoms with Crippen LogP contribution in [0.25, 0.3) is 0 Å². The molecule has 8 nitrogen and oxygen atoms in total. The molecule has 2 aromatic rings. The molecule has 0 saturated carbocycles. The Labute approximate surface area is 143 Å². The summed E-state index contributed by atoms with van der Waals surface area (Å²) in [6.45, 7) is -0.114. The Balaban J connectivity index is 1.93. The summed E-state index contributed by atoms with van der Waals surface area (Å²) in [7, 11) is 1.55. The minimum atomic E-state index is -0.670. The van der Waals surface area contributed by atoms with E-state index in [9.17, 15) is 19.7 Å². The molecule has 0 spiro atoms. The molecule has 0 aromatic heterocycles. The SMILES string of the molecule is COc1cccc(CNC(=O)COc2ccc(C=O)cc2[N+](=O)[O-])c1. The predicted octanol–water partition coefficient (Wildman–Crippen LogP) is 2.11. The van der Waals surface area contributed by atoms with E-state index in [4.69, 9.17) is 9.47 Å². The average Bonchev–Trinajstić information content (AvgIpc) is 2.64. The molecule has 1 N–H and O–H groups in total. The monoisotopic (exact) mass is 344 g/mol. The van der Waals surface area contributed by atoms with Crippen LogP contribution in [0, 0.1) is 10.1 Å². The number of ether oxygens (including phenoxy) is 2. The van der Waals surface area contributed by atoms with Gasteiger partial charge >= 0.3 is 5.69 Å². The van der Waals surface area contributed by atoms with Crippen LogP contribution >= 0.6 is 0 Å². The number of carbonyl (C=O) groups is 2. The Morgan fingerprint density at radius 2 is 2.08 bits per heavy atom. The molecule has 0 bridgehead atoms. The maximum atomic E-state index is 11.9. The molecule has 0 aliphatic heterocycles. The zero-order valence-electron chi connectivity index (χ0n) is 13.4. The van der Waals surface area contributed by atoms with E-state index in [-0.39, 0.29) is 30.2 Å². The van der Waals surface area contributed by atoms with Crippen LogP contribution in [0.5, 0.6) is 11.5 Å². The van der Waals surface area contributed by atoms with Gasteiger partial charge in [-0.15, -0.1) is 0 Å². The fourth-order valence-corrected chi connectivity index (χ4v) is 2.05. The van der Waals surface area contributed by atoms with Gasteiger partial charge in [-0.2, -0.15) is 0 Å². The van der Waals surface area contributed by atoms with Crippen LogP contribution in [-0.4, -0.2) is 30.8 Å². The highest BCUT2D eigenvalue weighted by Crippen LogP contribution is 2.27. The van der Waals surface area contributed by atoms with Gasteiger partial charge in [0.1, 0.15) is 12.0 Å². The third kappa shape index (κ3) is 5.03.